The topological polar surface area (TPSA) is 77.2 Å². The first-order chi connectivity index (χ1) is 12.1. The summed E-state index contributed by atoms with van der Waals surface area (Å²) in [6.45, 7) is 3.81. The molecule has 0 saturated heterocycles. The van der Waals surface area contributed by atoms with Gasteiger partial charge in [0.15, 0.2) is 0 Å². The monoisotopic (exact) mass is 337 g/mol. The number of aromatic nitrogens is 2. The molecule has 0 saturated carbocycles. The van der Waals surface area contributed by atoms with Crippen molar-refractivity contribution in [1.82, 2.24) is 15.5 Å². The quantitative estimate of drug-likeness (QED) is 0.770. The minimum Gasteiger partial charge on any atom is -0.497 e. The fourth-order valence-electron chi connectivity index (χ4n) is 2.34. The minimum absolute atomic E-state index is 0.235. The van der Waals surface area contributed by atoms with E-state index in [1.165, 1.54) is 0 Å². The molecule has 0 radical (unpaired) electrons. The summed E-state index contributed by atoms with van der Waals surface area (Å²) in [5.74, 6) is 1.24. The second-order valence-electron chi connectivity index (χ2n) is 5.75. The van der Waals surface area contributed by atoms with Crippen LogP contribution in [-0.4, -0.2) is 23.2 Å². The lowest BCUT2D eigenvalue weighted by Crippen LogP contribution is -2.26. The average Bonchev–Trinajstić information content (AvgIpc) is 3.12. The SMILES string of the molecule is COc1cccc(C(=O)N[C@@H](C)c2nc(-c3ccc(C)cc3)no2)c1. The van der Waals surface area contributed by atoms with Crippen LogP contribution in [0.1, 0.15) is 34.8 Å². The molecule has 3 rings (SSSR count). The Balaban J connectivity index is 1.72. The Labute approximate surface area is 145 Å². The molecular weight excluding hydrogens is 318 g/mol. The first kappa shape index (κ1) is 16.7. The van der Waals surface area contributed by atoms with Crippen LogP contribution in [0.5, 0.6) is 5.75 Å². The molecule has 1 N–H and O–H groups in total. The van der Waals surface area contributed by atoms with Gasteiger partial charge in [-0.3, -0.25) is 4.79 Å². The number of hydrogen-bond acceptors (Lipinski definition) is 5. The van der Waals surface area contributed by atoms with E-state index in [1.54, 1.807) is 38.3 Å². The van der Waals surface area contributed by atoms with Gasteiger partial charge in [-0.1, -0.05) is 41.1 Å². The number of carbonyl (C=O) groups excluding carboxylic acids is 1. The number of amides is 1. The molecule has 1 atom stereocenters. The molecule has 1 aromatic heterocycles. The summed E-state index contributed by atoms with van der Waals surface area (Å²) in [6.07, 6.45) is 0. The highest BCUT2D eigenvalue weighted by Crippen LogP contribution is 2.20. The van der Waals surface area contributed by atoms with E-state index < -0.39 is 6.04 Å². The summed E-state index contributed by atoms with van der Waals surface area (Å²) in [6, 6.07) is 14.4. The van der Waals surface area contributed by atoms with Gasteiger partial charge < -0.3 is 14.6 Å². The van der Waals surface area contributed by atoms with Gasteiger partial charge in [-0.15, -0.1) is 0 Å². The van der Waals surface area contributed by atoms with Gasteiger partial charge >= 0.3 is 0 Å². The van der Waals surface area contributed by atoms with E-state index in [1.807, 2.05) is 31.2 Å². The van der Waals surface area contributed by atoms with E-state index in [0.29, 0.717) is 23.0 Å². The molecule has 0 spiro atoms. The Morgan fingerprint density at radius 2 is 1.96 bits per heavy atom. The number of nitrogens with zero attached hydrogens (tertiary/aromatic N) is 2. The van der Waals surface area contributed by atoms with E-state index in [-0.39, 0.29) is 5.91 Å². The van der Waals surface area contributed by atoms with Crippen LogP contribution in [0, 0.1) is 6.92 Å². The zero-order chi connectivity index (χ0) is 17.8. The molecule has 0 aliphatic rings. The third-order valence-electron chi connectivity index (χ3n) is 3.80. The van der Waals surface area contributed by atoms with Gasteiger partial charge in [-0.2, -0.15) is 4.98 Å². The molecule has 6 heteroatoms. The fourth-order valence-corrected chi connectivity index (χ4v) is 2.34. The van der Waals surface area contributed by atoms with E-state index >= 15 is 0 Å². The van der Waals surface area contributed by atoms with E-state index in [2.05, 4.69) is 15.5 Å². The van der Waals surface area contributed by atoms with Crippen molar-refractivity contribution in [2.75, 3.05) is 7.11 Å². The van der Waals surface area contributed by atoms with Crippen molar-refractivity contribution in [1.29, 1.82) is 0 Å². The number of nitrogens with one attached hydrogen (secondary N) is 1. The molecule has 0 aliphatic heterocycles. The summed E-state index contributed by atoms with van der Waals surface area (Å²) in [7, 11) is 1.56. The van der Waals surface area contributed by atoms with Gasteiger partial charge in [0.25, 0.3) is 5.91 Å². The molecular formula is C19H19N3O3. The lowest BCUT2D eigenvalue weighted by Gasteiger charge is -2.10. The molecule has 0 bridgehead atoms. The largest absolute Gasteiger partial charge is 0.497 e. The van der Waals surface area contributed by atoms with Crippen LogP contribution in [0.25, 0.3) is 11.4 Å². The zero-order valence-electron chi connectivity index (χ0n) is 14.3. The highest BCUT2D eigenvalue weighted by Gasteiger charge is 2.18. The number of hydrogen-bond donors (Lipinski definition) is 1. The molecule has 0 fully saturated rings. The van der Waals surface area contributed by atoms with Crippen molar-refractivity contribution >= 4 is 5.91 Å². The smallest absolute Gasteiger partial charge is 0.252 e. The predicted octanol–water partition coefficient (Wildman–Crippen LogP) is 3.54. The Kier molecular flexibility index (Phi) is 4.79. The lowest BCUT2D eigenvalue weighted by atomic mass is 10.1. The number of ether oxygens (including phenoxy) is 1. The van der Waals surface area contributed by atoms with Crippen molar-refractivity contribution in [3.63, 3.8) is 0 Å². The maximum Gasteiger partial charge on any atom is 0.252 e. The fraction of sp³-hybridized carbons (Fsp3) is 0.211. The molecule has 3 aromatic rings. The van der Waals surface area contributed by atoms with Crippen LogP contribution in [0.15, 0.2) is 53.1 Å². The van der Waals surface area contributed by atoms with Gasteiger partial charge in [0.2, 0.25) is 11.7 Å². The van der Waals surface area contributed by atoms with Crippen molar-refractivity contribution in [3.05, 3.63) is 65.5 Å². The molecule has 0 unspecified atom stereocenters. The van der Waals surface area contributed by atoms with Crippen LogP contribution in [0.3, 0.4) is 0 Å². The van der Waals surface area contributed by atoms with Gasteiger partial charge in [0, 0.05) is 11.1 Å². The molecule has 1 heterocycles. The summed E-state index contributed by atoms with van der Waals surface area (Å²) in [5, 5.41) is 6.83. The van der Waals surface area contributed by atoms with Gasteiger partial charge in [0.05, 0.1) is 7.11 Å². The number of rotatable bonds is 5. The van der Waals surface area contributed by atoms with E-state index in [4.69, 9.17) is 9.26 Å². The number of carbonyl (C=O) groups is 1. The van der Waals surface area contributed by atoms with Gasteiger partial charge in [-0.25, -0.2) is 0 Å². The Morgan fingerprint density at radius 3 is 2.68 bits per heavy atom. The second-order valence-corrected chi connectivity index (χ2v) is 5.75. The number of aryl methyl sites for hydroxylation is 1. The average molecular weight is 337 g/mol. The van der Waals surface area contributed by atoms with Crippen LogP contribution in [-0.2, 0) is 0 Å². The summed E-state index contributed by atoms with van der Waals surface area (Å²) >= 11 is 0. The van der Waals surface area contributed by atoms with Crippen molar-refractivity contribution in [2.24, 2.45) is 0 Å². The van der Waals surface area contributed by atoms with Crippen LogP contribution in [0.4, 0.5) is 0 Å². The molecule has 25 heavy (non-hydrogen) atoms. The molecule has 128 valence electrons. The van der Waals surface area contributed by atoms with E-state index in [9.17, 15) is 4.79 Å². The van der Waals surface area contributed by atoms with Crippen molar-refractivity contribution < 1.29 is 14.1 Å². The number of methoxy groups -OCH3 is 1. The Hall–Kier alpha value is -3.15. The highest BCUT2D eigenvalue weighted by molar-refractivity contribution is 5.94. The normalized spacial score (nSPS) is 11.8. The standard InChI is InChI=1S/C19H19N3O3/c1-12-7-9-14(10-8-12)17-21-19(25-22-17)13(2)20-18(23)15-5-4-6-16(11-15)24-3/h4-11,13H,1-3H3,(H,20,23)/t13-/m0/s1. The highest BCUT2D eigenvalue weighted by atomic mass is 16.5. The van der Waals surface area contributed by atoms with Crippen molar-refractivity contribution in [2.45, 2.75) is 19.9 Å². The minimum atomic E-state index is -0.412. The summed E-state index contributed by atoms with van der Waals surface area (Å²) in [5.41, 5.74) is 2.53. The summed E-state index contributed by atoms with van der Waals surface area (Å²) < 4.78 is 10.4. The molecule has 1 amide bonds. The maximum atomic E-state index is 12.4. The van der Waals surface area contributed by atoms with Crippen LogP contribution in [0.2, 0.25) is 0 Å². The van der Waals surface area contributed by atoms with Crippen molar-refractivity contribution in [3.8, 4) is 17.1 Å². The van der Waals surface area contributed by atoms with Crippen LogP contribution >= 0.6 is 0 Å². The van der Waals surface area contributed by atoms with E-state index in [0.717, 1.165) is 11.1 Å². The first-order valence-electron chi connectivity index (χ1n) is 7.92. The molecule has 2 aromatic carbocycles. The maximum absolute atomic E-state index is 12.4. The molecule has 0 aliphatic carbocycles. The third-order valence-corrected chi connectivity index (χ3v) is 3.80. The zero-order valence-corrected chi connectivity index (χ0v) is 14.3. The first-order valence-corrected chi connectivity index (χ1v) is 7.92. The Bertz CT molecular complexity index is 872. The second kappa shape index (κ2) is 7.17. The van der Waals surface area contributed by atoms with Gasteiger partial charge in [0.1, 0.15) is 11.8 Å². The summed E-state index contributed by atoms with van der Waals surface area (Å²) in [4.78, 5) is 16.7. The van der Waals surface area contributed by atoms with Gasteiger partial charge in [-0.05, 0) is 32.0 Å². The third kappa shape index (κ3) is 3.85. The predicted molar refractivity (Wildman–Crippen MR) is 93.3 cm³/mol. The lowest BCUT2D eigenvalue weighted by molar-refractivity contribution is 0.0932. The van der Waals surface area contributed by atoms with Crippen LogP contribution < -0.4 is 10.1 Å². The Morgan fingerprint density at radius 1 is 1.20 bits per heavy atom. The molecule has 6 nitrogen and oxygen atoms in total. The number of benzene rings is 2.